The number of hydrogen-bond acceptors (Lipinski definition) is 2. The summed E-state index contributed by atoms with van der Waals surface area (Å²) in [5.74, 6) is -0.629. The van der Waals surface area contributed by atoms with Gasteiger partial charge in [0, 0.05) is 24.1 Å². The molecule has 1 fully saturated rings. The van der Waals surface area contributed by atoms with Gasteiger partial charge in [0.1, 0.15) is 5.82 Å². The smallest absolute Gasteiger partial charge is 0.381 e. The van der Waals surface area contributed by atoms with Crippen molar-refractivity contribution in [3.63, 3.8) is 0 Å². The minimum atomic E-state index is -4.47. The topological polar surface area (TPSA) is 21.3 Å². The van der Waals surface area contributed by atoms with Gasteiger partial charge in [-0.2, -0.15) is 13.2 Å². The van der Waals surface area contributed by atoms with Gasteiger partial charge in [0.15, 0.2) is 0 Å². The molecule has 2 unspecified atom stereocenters. The Morgan fingerprint density at radius 1 is 1.38 bits per heavy atom. The van der Waals surface area contributed by atoms with Crippen molar-refractivity contribution in [2.24, 2.45) is 5.92 Å². The SMILES string of the molecule is CCNC(c1cc(C(F)(F)F)ccc1F)C1CCCOC1. The number of alkyl halides is 3. The molecule has 1 saturated heterocycles. The molecular formula is C15H19F4NO. The van der Waals surface area contributed by atoms with E-state index >= 15 is 0 Å². The van der Waals surface area contributed by atoms with Crippen LogP contribution in [0.5, 0.6) is 0 Å². The lowest BCUT2D eigenvalue weighted by Gasteiger charge is -2.31. The van der Waals surface area contributed by atoms with Crippen molar-refractivity contribution in [3.8, 4) is 0 Å². The zero-order valence-electron chi connectivity index (χ0n) is 11.8. The van der Waals surface area contributed by atoms with Crippen LogP contribution in [0.25, 0.3) is 0 Å². The summed E-state index contributed by atoms with van der Waals surface area (Å²) in [6.07, 6.45) is -2.82. The predicted molar refractivity (Wildman–Crippen MR) is 71.4 cm³/mol. The lowest BCUT2D eigenvalue weighted by atomic mass is 9.87. The molecule has 2 nitrogen and oxygen atoms in total. The highest BCUT2D eigenvalue weighted by molar-refractivity contribution is 5.30. The molecule has 0 saturated carbocycles. The largest absolute Gasteiger partial charge is 0.416 e. The van der Waals surface area contributed by atoms with Gasteiger partial charge >= 0.3 is 6.18 Å². The fraction of sp³-hybridized carbons (Fsp3) is 0.600. The molecule has 2 rings (SSSR count). The van der Waals surface area contributed by atoms with E-state index in [-0.39, 0.29) is 11.5 Å². The van der Waals surface area contributed by atoms with Crippen LogP contribution in [-0.4, -0.2) is 19.8 Å². The molecule has 21 heavy (non-hydrogen) atoms. The van der Waals surface area contributed by atoms with Gasteiger partial charge in [-0.1, -0.05) is 6.92 Å². The van der Waals surface area contributed by atoms with E-state index in [0.717, 1.165) is 31.0 Å². The number of halogens is 4. The Labute approximate surface area is 121 Å². The fourth-order valence-corrected chi connectivity index (χ4v) is 2.74. The van der Waals surface area contributed by atoms with Crippen LogP contribution in [0.15, 0.2) is 18.2 Å². The maximum atomic E-state index is 14.0. The Morgan fingerprint density at radius 2 is 2.14 bits per heavy atom. The first kappa shape index (κ1) is 16.2. The van der Waals surface area contributed by atoms with E-state index in [4.69, 9.17) is 4.74 Å². The first-order valence-electron chi connectivity index (χ1n) is 7.11. The number of hydrogen-bond donors (Lipinski definition) is 1. The molecule has 0 spiro atoms. The molecule has 0 aromatic heterocycles. The van der Waals surface area contributed by atoms with Crippen LogP contribution in [0.2, 0.25) is 0 Å². The summed E-state index contributed by atoms with van der Waals surface area (Å²) in [5, 5.41) is 3.10. The third kappa shape index (κ3) is 3.95. The Bertz CT molecular complexity index is 469. The zero-order valence-corrected chi connectivity index (χ0v) is 11.8. The summed E-state index contributed by atoms with van der Waals surface area (Å²) in [5.41, 5.74) is -0.749. The van der Waals surface area contributed by atoms with Crippen molar-refractivity contribution in [2.45, 2.75) is 32.0 Å². The lowest BCUT2D eigenvalue weighted by Crippen LogP contribution is -2.34. The Kier molecular flexibility index (Phi) is 5.22. The van der Waals surface area contributed by atoms with E-state index in [9.17, 15) is 17.6 Å². The van der Waals surface area contributed by atoms with Crippen LogP contribution in [0, 0.1) is 11.7 Å². The van der Waals surface area contributed by atoms with Crippen molar-refractivity contribution in [3.05, 3.63) is 35.1 Å². The van der Waals surface area contributed by atoms with Crippen LogP contribution in [-0.2, 0) is 10.9 Å². The van der Waals surface area contributed by atoms with Gasteiger partial charge in [-0.05, 0) is 37.6 Å². The first-order valence-corrected chi connectivity index (χ1v) is 7.11. The lowest BCUT2D eigenvalue weighted by molar-refractivity contribution is -0.137. The molecule has 2 atom stereocenters. The van der Waals surface area contributed by atoms with E-state index in [1.165, 1.54) is 0 Å². The molecule has 1 N–H and O–H groups in total. The summed E-state index contributed by atoms with van der Waals surface area (Å²) in [7, 11) is 0. The minimum absolute atomic E-state index is 0.0170. The van der Waals surface area contributed by atoms with Crippen LogP contribution in [0.1, 0.15) is 36.9 Å². The maximum Gasteiger partial charge on any atom is 0.416 e. The average Bonchev–Trinajstić information content (AvgIpc) is 2.45. The van der Waals surface area contributed by atoms with Gasteiger partial charge < -0.3 is 10.1 Å². The van der Waals surface area contributed by atoms with Crippen molar-refractivity contribution >= 4 is 0 Å². The molecule has 1 aliphatic rings. The molecular weight excluding hydrogens is 286 g/mol. The van der Waals surface area contributed by atoms with Gasteiger partial charge in [-0.25, -0.2) is 4.39 Å². The predicted octanol–water partition coefficient (Wildman–Crippen LogP) is 3.92. The molecule has 1 aromatic carbocycles. The number of rotatable bonds is 4. The molecule has 1 heterocycles. The van der Waals surface area contributed by atoms with E-state index in [0.29, 0.717) is 19.8 Å². The Morgan fingerprint density at radius 3 is 2.71 bits per heavy atom. The highest BCUT2D eigenvalue weighted by atomic mass is 19.4. The van der Waals surface area contributed by atoms with Gasteiger partial charge in [0.2, 0.25) is 0 Å². The number of benzene rings is 1. The van der Waals surface area contributed by atoms with E-state index in [2.05, 4.69) is 5.32 Å². The molecule has 1 aromatic rings. The van der Waals surface area contributed by atoms with Gasteiger partial charge in [0.25, 0.3) is 0 Å². The third-order valence-electron chi connectivity index (χ3n) is 3.75. The molecule has 0 radical (unpaired) electrons. The Hall–Kier alpha value is -1.14. The molecule has 0 aliphatic carbocycles. The molecule has 6 heteroatoms. The van der Waals surface area contributed by atoms with Crippen LogP contribution < -0.4 is 5.32 Å². The van der Waals surface area contributed by atoms with Crippen molar-refractivity contribution in [1.29, 1.82) is 0 Å². The highest BCUT2D eigenvalue weighted by Gasteiger charge is 2.33. The normalized spacial score (nSPS) is 21.3. The van der Waals surface area contributed by atoms with Crippen LogP contribution >= 0.6 is 0 Å². The second-order valence-corrected chi connectivity index (χ2v) is 5.25. The summed E-state index contributed by atoms with van der Waals surface area (Å²) >= 11 is 0. The molecule has 0 bridgehead atoms. The first-order chi connectivity index (χ1) is 9.93. The number of ether oxygens (including phenoxy) is 1. The maximum absolute atomic E-state index is 14.0. The quantitative estimate of drug-likeness (QED) is 0.851. The van der Waals surface area contributed by atoms with Crippen LogP contribution in [0.3, 0.4) is 0 Å². The van der Waals surface area contributed by atoms with Gasteiger partial charge in [-0.3, -0.25) is 0 Å². The van der Waals surface area contributed by atoms with Crippen molar-refractivity contribution < 1.29 is 22.3 Å². The van der Waals surface area contributed by atoms with E-state index < -0.39 is 23.6 Å². The summed E-state index contributed by atoms with van der Waals surface area (Å²) in [6.45, 7) is 3.49. The van der Waals surface area contributed by atoms with Crippen LogP contribution in [0.4, 0.5) is 17.6 Å². The third-order valence-corrected chi connectivity index (χ3v) is 3.75. The standard InChI is InChI=1S/C15H19F4NO/c1-2-20-14(10-4-3-7-21-9-10)12-8-11(15(17,18)19)5-6-13(12)16/h5-6,8,10,14,20H,2-4,7,9H2,1H3. The molecule has 118 valence electrons. The van der Waals surface area contributed by atoms with Crippen molar-refractivity contribution in [2.75, 3.05) is 19.8 Å². The minimum Gasteiger partial charge on any atom is -0.381 e. The summed E-state index contributed by atoms with van der Waals surface area (Å²) in [6, 6.07) is 2.13. The fourth-order valence-electron chi connectivity index (χ4n) is 2.74. The summed E-state index contributed by atoms with van der Waals surface area (Å²) < 4.78 is 57.9. The van der Waals surface area contributed by atoms with Gasteiger partial charge in [0.05, 0.1) is 12.2 Å². The highest BCUT2D eigenvalue weighted by Crippen LogP contribution is 2.35. The summed E-state index contributed by atoms with van der Waals surface area (Å²) in [4.78, 5) is 0. The van der Waals surface area contributed by atoms with E-state index in [1.807, 2.05) is 6.92 Å². The van der Waals surface area contributed by atoms with Gasteiger partial charge in [-0.15, -0.1) is 0 Å². The number of nitrogens with one attached hydrogen (secondary N) is 1. The Balaban J connectivity index is 2.34. The zero-order chi connectivity index (χ0) is 15.5. The van der Waals surface area contributed by atoms with Crippen molar-refractivity contribution in [1.82, 2.24) is 5.32 Å². The molecule has 0 amide bonds. The second kappa shape index (κ2) is 6.75. The molecule has 1 aliphatic heterocycles. The second-order valence-electron chi connectivity index (χ2n) is 5.25. The monoisotopic (exact) mass is 305 g/mol. The average molecular weight is 305 g/mol. The van der Waals surface area contributed by atoms with E-state index in [1.54, 1.807) is 0 Å².